The van der Waals surface area contributed by atoms with Gasteiger partial charge in [0, 0.05) is 23.9 Å². The summed E-state index contributed by atoms with van der Waals surface area (Å²) in [6, 6.07) is 1.89. The Morgan fingerprint density at radius 2 is 2.06 bits per heavy atom. The van der Waals surface area contributed by atoms with Gasteiger partial charge in [-0.15, -0.1) is 0 Å². The van der Waals surface area contributed by atoms with E-state index < -0.39 is 0 Å². The van der Waals surface area contributed by atoms with E-state index in [2.05, 4.69) is 18.8 Å². The number of aromatic nitrogens is 1. The van der Waals surface area contributed by atoms with Crippen molar-refractivity contribution in [1.29, 1.82) is 0 Å². The predicted molar refractivity (Wildman–Crippen MR) is 69.1 cm³/mol. The number of nitrogens with zero attached hydrogens (tertiary/aromatic N) is 1. The fraction of sp³-hybridized carbons (Fsp3) is 0.600. The summed E-state index contributed by atoms with van der Waals surface area (Å²) in [5, 5.41) is 0. The summed E-state index contributed by atoms with van der Waals surface area (Å²) in [4.78, 5) is 16.6. The average molecular weight is 231 g/mol. The molecule has 0 spiro atoms. The molecule has 0 saturated heterocycles. The first kappa shape index (κ1) is 12.3. The lowest BCUT2D eigenvalue weighted by Gasteiger charge is -2.25. The van der Waals surface area contributed by atoms with Gasteiger partial charge in [0.25, 0.3) is 0 Å². The minimum atomic E-state index is 0.249. The van der Waals surface area contributed by atoms with E-state index >= 15 is 0 Å². The van der Waals surface area contributed by atoms with Gasteiger partial charge in [0.1, 0.15) is 0 Å². The van der Waals surface area contributed by atoms with Crippen molar-refractivity contribution in [2.24, 2.45) is 11.8 Å². The van der Waals surface area contributed by atoms with E-state index in [1.807, 2.05) is 12.3 Å². The van der Waals surface area contributed by atoms with Crippen LogP contribution in [0.4, 0.5) is 0 Å². The van der Waals surface area contributed by atoms with Gasteiger partial charge >= 0.3 is 0 Å². The van der Waals surface area contributed by atoms with Gasteiger partial charge < -0.3 is 0 Å². The first-order valence-electron chi connectivity index (χ1n) is 6.69. The van der Waals surface area contributed by atoms with Gasteiger partial charge in [-0.25, -0.2) is 0 Å². The molecule has 1 heterocycles. The summed E-state index contributed by atoms with van der Waals surface area (Å²) in [7, 11) is 0. The number of ketones is 1. The van der Waals surface area contributed by atoms with Crippen LogP contribution in [0.1, 0.15) is 55.5 Å². The fourth-order valence-electron chi connectivity index (χ4n) is 2.69. The molecule has 2 rings (SSSR count). The Hall–Kier alpha value is -1.18. The van der Waals surface area contributed by atoms with Crippen molar-refractivity contribution in [2.75, 3.05) is 0 Å². The second-order valence-electron chi connectivity index (χ2n) is 5.21. The third kappa shape index (κ3) is 2.74. The molecule has 1 fully saturated rings. The second-order valence-corrected chi connectivity index (χ2v) is 5.21. The zero-order chi connectivity index (χ0) is 12.3. The first-order chi connectivity index (χ1) is 8.22. The normalized spacial score (nSPS) is 24.6. The molecule has 2 nitrogen and oxygen atoms in total. The number of aryl methyl sites for hydroxylation is 1. The van der Waals surface area contributed by atoms with Crippen molar-refractivity contribution < 1.29 is 4.79 Å². The number of hydrogen-bond donors (Lipinski definition) is 0. The number of Topliss-reactive ketones (excluding diaryl/α,β-unsaturated/α-hetero) is 1. The van der Waals surface area contributed by atoms with Crippen molar-refractivity contribution in [3.8, 4) is 0 Å². The zero-order valence-corrected chi connectivity index (χ0v) is 10.8. The molecule has 92 valence electrons. The van der Waals surface area contributed by atoms with Gasteiger partial charge in [0.15, 0.2) is 5.78 Å². The molecule has 1 aliphatic carbocycles. The summed E-state index contributed by atoms with van der Waals surface area (Å²) < 4.78 is 0. The molecule has 1 aliphatic rings. The van der Waals surface area contributed by atoms with Crippen LogP contribution in [-0.4, -0.2) is 10.8 Å². The summed E-state index contributed by atoms with van der Waals surface area (Å²) in [6.45, 7) is 4.36. The van der Waals surface area contributed by atoms with Crippen LogP contribution in [-0.2, 0) is 6.42 Å². The van der Waals surface area contributed by atoms with Gasteiger partial charge in [-0.2, -0.15) is 0 Å². The third-order valence-electron chi connectivity index (χ3n) is 3.94. The minimum Gasteiger partial charge on any atom is -0.294 e. The zero-order valence-electron chi connectivity index (χ0n) is 10.8. The standard InChI is InChI=1S/C15H21NO/c1-3-12-10-16-9-8-14(12)15(17)13-6-4-11(2)5-7-13/h8-11,13H,3-7H2,1-2H3. The van der Waals surface area contributed by atoms with E-state index in [4.69, 9.17) is 0 Å². The Balaban J connectivity index is 2.14. The van der Waals surface area contributed by atoms with Crippen LogP contribution >= 0.6 is 0 Å². The average Bonchev–Trinajstić information content (AvgIpc) is 2.39. The van der Waals surface area contributed by atoms with Crippen molar-refractivity contribution in [1.82, 2.24) is 4.98 Å². The topological polar surface area (TPSA) is 30.0 Å². The van der Waals surface area contributed by atoms with E-state index in [0.29, 0.717) is 5.78 Å². The molecular weight excluding hydrogens is 210 g/mol. The second kappa shape index (κ2) is 5.44. The van der Waals surface area contributed by atoms with Crippen LogP contribution in [0.2, 0.25) is 0 Å². The van der Waals surface area contributed by atoms with E-state index in [1.165, 1.54) is 12.8 Å². The van der Waals surface area contributed by atoms with E-state index in [9.17, 15) is 4.79 Å². The summed E-state index contributed by atoms with van der Waals surface area (Å²) in [6.07, 6.45) is 8.97. The Bertz CT molecular complexity index is 392. The predicted octanol–water partition coefficient (Wildman–Crippen LogP) is 3.65. The van der Waals surface area contributed by atoms with Crippen LogP contribution in [0.5, 0.6) is 0 Å². The summed E-state index contributed by atoms with van der Waals surface area (Å²) in [5.74, 6) is 1.39. The molecule has 1 saturated carbocycles. The highest BCUT2D eigenvalue weighted by Gasteiger charge is 2.26. The molecule has 17 heavy (non-hydrogen) atoms. The van der Waals surface area contributed by atoms with Gasteiger partial charge in [-0.3, -0.25) is 9.78 Å². The molecule has 0 aromatic carbocycles. The first-order valence-corrected chi connectivity index (χ1v) is 6.69. The van der Waals surface area contributed by atoms with Gasteiger partial charge in [0.05, 0.1) is 0 Å². The Morgan fingerprint density at radius 3 is 2.71 bits per heavy atom. The maximum atomic E-state index is 12.5. The molecule has 0 aliphatic heterocycles. The van der Waals surface area contributed by atoms with Crippen molar-refractivity contribution in [3.63, 3.8) is 0 Å². The van der Waals surface area contributed by atoms with Crippen LogP contribution in [0.15, 0.2) is 18.5 Å². The van der Waals surface area contributed by atoms with Crippen LogP contribution in [0.3, 0.4) is 0 Å². The number of carbonyl (C=O) groups excluding carboxylic acids is 1. The summed E-state index contributed by atoms with van der Waals surface area (Å²) >= 11 is 0. The van der Waals surface area contributed by atoms with Crippen molar-refractivity contribution in [2.45, 2.75) is 46.0 Å². The highest BCUT2D eigenvalue weighted by atomic mass is 16.1. The lowest BCUT2D eigenvalue weighted by atomic mass is 9.79. The monoisotopic (exact) mass is 231 g/mol. The molecule has 0 unspecified atom stereocenters. The Morgan fingerprint density at radius 1 is 1.35 bits per heavy atom. The molecule has 2 heteroatoms. The molecule has 0 bridgehead atoms. The van der Waals surface area contributed by atoms with Gasteiger partial charge in [-0.1, -0.05) is 26.7 Å². The third-order valence-corrected chi connectivity index (χ3v) is 3.94. The van der Waals surface area contributed by atoms with Crippen LogP contribution in [0, 0.1) is 11.8 Å². The van der Waals surface area contributed by atoms with E-state index in [0.717, 1.165) is 36.3 Å². The smallest absolute Gasteiger partial charge is 0.166 e. The largest absolute Gasteiger partial charge is 0.294 e. The van der Waals surface area contributed by atoms with Crippen LogP contribution < -0.4 is 0 Å². The number of carbonyl (C=O) groups is 1. The fourth-order valence-corrected chi connectivity index (χ4v) is 2.69. The molecule has 1 aromatic heterocycles. The van der Waals surface area contributed by atoms with E-state index in [-0.39, 0.29) is 5.92 Å². The van der Waals surface area contributed by atoms with Crippen molar-refractivity contribution in [3.05, 3.63) is 29.6 Å². The lowest BCUT2D eigenvalue weighted by molar-refractivity contribution is 0.0874. The van der Waals surface area contributed by atoms with Gasteiger partial charge in [-0.05, 0) is 36.8 Å². The lowest BCUT2D eigenvalue weighted by Crippen LogP contribution is -2.22. The molecule has 1 aromatic rings. The maximum absolute atomic E-state index is 12.5. The molecule has 0 amide bonds. The molecule has 0 N–H and O–H groups in total. The number of pyridine rings is 1. The SMILES string of the molecule is CCc1cnccc1C(=O)C1CCC(C)CC1. The van der Waals surface area contributed by atoms with Gasteiger partial charge in [0.2, 0.25) is 0 Å². The number of rotatable bonds is 3. The molecule has 0 radical (unpaired) electrons. The molecular formula is C15H21NO. The highest BCUT2D eigenvalue weighted by molar-refractivity contribution is 5.99. The molecule has 0 atom stereocenters. The van der Waals surface area contributed by atoms with Crippen LogP contribution in [0.25, 0.3) is 0 Å². The number of hydrogen-bond acceptors (Lipinski definition) is 2. The minimum absolute atomic E-state index is 0.249. The van der Waals surface area contributed by atoms with Crippen molar-refractivity contribution >= 4 is 5.78 Å². The summed E-state index contributed by atoms with van der Waals surface area (Å²) in [5.41, 5.74) is 2.00. The quantitative estimate of drug-likeness (QED) is 0.743. The highest BCUT2D eigenvalue weighted by Crippen LogP contribution is 2.31. The Kier molecular flexibility index (Phi) is 3.93. The maximum Gasteiger partial charge on any atom is 0.166 e. The van der Waals surface area contributed by atoms with E-state index in [1.54, 1.807) is 6.20 Å². The Labute approximate surface area is 103 Å².